The van der Waals surface area contributed by atoms with Crippen LogP contribution in [0.1, 0.15) is 23.4 Å². The van der Waals surface area contributed by atoms with E-state index >= 15 is 0 Å². The number of aromatic nitrogens is 2. The molecule has 1 atom stereocenters. The average Bonchev–Trinajstić information content (AvgIpc) is 3.18. The Morgan fingerprint density at radius 1 is 1.16 bits per heavy atom. The van der Waals surface area contributed by atoms with E-state index in [4.69, 9.17) is 4.98 Å². The molecule has 5 rings (SSSR count). The Bertz CT molecular complexity index is 995. The zero-order chi connectivity index (χ0) is 17.0. The SMILES string of the molecule is O=C1N[C@@]2(CCc3cc(Br)ccc32)Cc2nc(-c3ccccc3)cn21. The molecule has 0 bridgehead atoms. The lowest BCUT2D eigenvalue weighted by molar-refractivity contribution is 0.213. The first-order valence-corrected chi connectivity index (χ1v) is 9.19. The summed E-state index contributed by atoms with van der Waals surface area (Å²) in [6.07, 6.45) is 4.45. The highest BCUT2D eigenvalue weighted by Gasteiger charge is 2.44. The summed E-state index contributed by atoms with van der Waals surface area (Å²) in [6.45, 7) is 0. The molecule has 1 aliphatic heterocycles. The van der Waals surface area contributed by atoms with Crippen LogP contribution in [0.2, 0.25) is 0 Å². The number of nitrogens with zero attached hydrogens (tertiary/aromatic N) is 2. The number of carbonyl (C=O) groups is 1. The molecule has 1 N–H and O–H groups in total. The van der Waals surface area contributed by atoms with Crippen molar-refractivity contribution in [1.82, 2.24) is 14.9 Å². The van der Waals surface area contributed by atoms with E-state index in [0.29, 0.717) is 0 Å². The normalized spacial score (nSPS) is 21.1. The van der Waals surface area contributed by atoms with Gasteiger partial charge in [-0.25, -0.2) is 9.78 Å². The fourth-order valence-electron chi connectivity index (χ4n) is 4.08. The van der Waals surface area contributed by atoms with E-state index in [0.717, 1.165) is 40.8 Å². The molecule has 5 heteroatoms. The van der Waals surface area contributed by atoms with Crippen molar-refractivity contribution in [1.29, 1.82) is 0 Å². The molecule has 1 spiro atoms. The lowest BCUT2D eigenvalue weighted by Gasteiger charge is -2.35. The summed E-state index contributed by atoms with van der Waals surface area (Å²) >= 11 is 3.54. The maximum absolute atomic E-state index is 12.8. The Balaban J connectivity index is 1.58. The fraction of sp³-hybridized carbons (Fsp3) is 0.200. The minimum Gasteiger partial charge on any atom is -0.327 e. The number of fused-ring (bicyclic) bond motifs is 3. The largest absolute Gasteiger partial charge is 0.327 e. The molecule has 0 unspecified atom stereocenters. The molecule has 0 saturated heterocycles. The number of aryl methyl sites for hydroxylation is 1. The number of benzene rings is 2. The zero-order valence-electron chi connectivity index (χ0n) is 13.5. The second-order valence-corrected chi connectivity index (χ2v) is 7.68. The van der Waals surface area contributed by atoms with Gasteiger partial charge in [-0.3, -0.25) is 4.57 Å². The molecular formula is C20H16BrN3O. The second-order valence-electron chi connectivity index (χ2n) is 6.77. The second kappa shape index (κ2) is 5.30. The van der Waals surface area contributed by atoms with Crippen molar-refractivity contribution in [2.45, 2.75) is 24.8 Å². The number of imidazole rings is 1. The van der Waals surface area contributed by atoms with E-state index in [1.54, 1.807) is 4.57 Å². The maximum Gasteiger partial charge on any atom is 0.327 e. The van der Waals surface area contributed by atoms with E-state index in [2.05, 4.69) is 39.4 Å². The summed E-state index contributed by atoms with van der Waals surface area (Å²) in [5.41, 5.74) is 4.07. The molecular weight excluding hydrogens is 378 g/mol. The van der Waals surface area contributed by atoms with Gasteiger partial charge in [0.2, 0.25) is 0 Å². The number of halogens is 1. The van der Waals surface area contributed by atoms with Crippen LogP contribution in [-0.2, 0) is 18.4 Å². The average molecular weight is 394 g/mol. The van der Waals surface area contributed by atoms with E-state index in [1.165, 1.54) is 11.1 Å². The first-order chi connectivity index (χ1) is 12.1. The van der Waals surface area contributed by atoms with Gasteiger partial charge in [0, 0.05) is 22.7 Å². The monoisotopic (exact) mass is 393 g/mol. The van der Waals surface area contributed by atoms with Crippen molar-refractivity contribution in [3.63, 3.8) is 0 Å². The third kappa shape index (κ3) is 2.26. The maximum atomic E-state index is 12.8. The fourth-order valence-corrected chi connectivity index (χ4v) is 4.49. The van der Waals surface area contributed by atoms with Crippen LogP contribution in [0, 0.1) is 0 Å². The molecule has 0 fully saturated rings. The van der Waals surface area contributed by atoms with Crippen LogP contribution in [0.4, 0.5) is 4.79 Å². The molecule has 2 heterocycles. The number of carbonyl (C=O) groups excluding carboxylic acids is 1. The third-order valence-electron chi connectivity index (χ3n) is 5.28. The van der Waals surface area contributed by atoms with Crippen molar-refractivity contribution in [3.05, 3.63) is 76.2 Å². The van der Waals surface area contributed by atoms with Crippen molar-refractivity contribution >= 4 is 22.0 Å². The van der Waals surface area contributed by atoms with E-state index in [1.807, 2.05) is 36.5 Å². The summed E-state index contributed by atoms with van der Waals surface area (Å²) in [5, 5.41) is 3.26. The van der Waals surface area contributed by atoms with Gasteiger partial charge in [0.1, 0.15) is 5.82 Å². The zero-order valence-corrected chi connectivity index (χ0v) is 15.1. The van der Waals surface area contributed by atoms with Crippen molar-refractivity contribution in [2.75, 3.05) is 0 Å². The summed E-state index contributed by atoms with van der Waals surface area (Å²) < 4.78 is 2.74. The highest BCUT2D eigenvalue weighted by molar-refractivity contribution is 9.10. The van der Waals surface area contributed by atoms with E-state index < -0.39 is 0 Å². The number of amides is 1. The van der Waals surface area contributed by atoms with E-state index in [-0.39, 0.29) is 11.6 Å². The highest BCUT2D eigenvalue weighted by atomic mass is 79.9. The van der Waals surface area contributed by atoms with Crippen LogP contribution < -0.4 is 5.32 Å². The molecule has 4 nitrogen and oxygen atoms in total. The Morgan fingerprint density at radius 3 is 2.84 bits per heavy atom. The molecule has 3 aromatic rings. The van der Waals surface area contributed by atoms with Crippen LogP contribution in [-0.4, -0.2) is 15.6 Å². The standard InChI is InChI=1S/C20H16BrN3O/c21-15-6-7-16-14(10-15)8-9-20(16)11-18-22-17(12-24(18)19(25)23-20)13-4-2-1-3-5-13/h1-7,10,12H,8-9,11H2,(H,23,25)/t20-/m0/s1. The Kier molecular flexibility index (Phi) is 3.16. The van der Waals surface area contributed by atoms with Gasteiger partial charge in [-0.1, -0.05) is 52.3 Å². The van der Waals surface area contributed by atoms with Gasteiger partial charge in [0.05, 0.1) is 11.2 Å². The molecule has 0 radical (unpaired) electrons. The minimum atomic E-state index is -0.331. The summed E-state index contributed by atoms with van der Waals surface area (Å²) in [6, 6.07) is 16.2. The summed E-state index contributed by atoms with van der Waals surface area (Å²) in [7, 11) is 0. The molecule has 1 aliphatic carbocycles. The van der Waals surface area contributed by atoms with Gasteiger partial charge in [-0.05, 0) is 36.1 Å². The van der Waals surface area contributed by atoms with Gasteiger partial charge in [-0.15, -0.1) is 0 Å². The summed E-state index contributed by atoms with van der Waals surface area (Å²) in [4.78, 5) is 17.5. The van der Waals surface area contributed by atoms with Gasteiger partial charge in [0.15, 0.2) is 0 Å². The number of rotatable bonds is 1. The first kappa shape index (κ1) is 14.9. The first-order valence-electron chi connectivity index (χ1n) is 8.40. The molecule has 1 amide bonds. The number of hydrogen-bond donors (Lipinski definition) is 1. The predicted octanol–water partition coefficient (Wildman–Crippen LogP) is 4.27. The van der Waals surface area contributed by atoms with Gasteiger partial charge in [-0.2, -0.15) is 0 Å². The van der Waals surface area contributed by atoms with Crippen LogP contribution in [0.3, 0.4) is 0 Å². The van der Waals surface area contributed by atoms with Crippen LogP contribution >= 0.6 is 15.9 Å². The quantitative estimate of drug-likeness (QED) is 0.670. The van der Waals surface area contributed by atoms with Crippen molar-refractivity contribution in [2.24, 2.45) is 0 Å². The Hall–Kier alpha value is -2.40. The number of nitrogens with one attached hydrogen (secondary N) is 1. The summed E-state index contributed by atoms with van der Waals surface area (Å²) in [5.74, 6) is 0.832. The predicted molar refractivity (Wildman–Crippen MR) is 99.4 cm³/mol. The lowest BCUT2D eigenvalue weighted by Crippen LogP contribution is -2.52. The number of hydrogen-bond acceptors (Lipinski definition) is 2. The molecule has 1 aromatic heterocycles. The van der Waals surface area contributed by atoms with E-state index in [9.17, 15) is 4.79 Å². The van der Waals surface area contributed by atoms with Crippen LogP contribution in [0.25, 0.3) is 11.3 Å². The molecule has 2 aliphatic rings. The highest BCUT2D eigenvalue weighted by Crippen LogP contribution is 2.42. The third-order valence-corrected chi connectivity index (χ3v) is 5.77. The van der Waals surface area contributed by atoms with Gasteiger partial charge < -0.3 is 5.32 Å². The van der Waals surface area contributed by atoms with Crippen LogP contribution in [0.5, 0.6) is 0 Å². The van der Waals surface area contributed by atoms with Crippen molar-refractivity contribution < 1.29 is 4.79 Å². The molecule has 25 heavy (non-hydrogen) atoms. The lowest BCUT2D eigenvalue weighted by atomic mass is 9.87. The van der Waals surface area contributed by atoms with Crippen molar-refractivity contribution in [3.8, 4) is 11.3 Å². The Labute approximate surface area is 154 Å². The molecule has 0 saturated carbocycles. The van der Waals surface area contributed by atoms with Gasteiger partial charge >= 0.3 is 6.03 Å². The van der Waals surface area contributed by atoms with Gasteiger partial charge in [0.25, 0.3) is 0 Å². The smallest absolute Gasteiger partial charge is 0.327 e. The van der Waals surface area contributed by atoms with Crippen LogP contribution in [0.15, 0.2) is 59.2 Å². The molecule has 2 aromatic carbocycles. The topological polar surface area (TPSA) is 46.9 Å². The molecule has 124 valence electrons. The Morgan fingerprint density at radius 2 is 2.00 bits per heavy atom. The minimum absolute atomic E-state index is 0.0910.